The molecule has 21 heavy (non-hydrogen) atoms. The van der Waals surface area contributed by atoms with Gasteiger partial charge in [0.1, 0.15) is 11.6 Å². The third kappa shape index (κ3) is 2.99. The Bertz CT molecular complexity index is 762. The Kier molecular flexibility index (Phi) is 3.52. The van der Waals surface area contributed by atoms with E-state index >= 15 is 0 Å². The van der Waals surface area contributed by atoms with Crippen molar-refractivity contribution in [2.75, 3.05) is 5.32 Å². The molecule has 108 valence electrons. The molecule has 0 saturated carbocycles. The highest BCUT2D eigenvalue weighted by Crippen LogP contribution is 2.24. The van der Waals surface area contributed by atoms with Gasteiger partial charge in [0.2, 0.25) is 0 Å². The first-order valence-electron chi connectivity index (χ1n) is 7.10. The third-order valence-electron chi connectivity index (χ3n) is 3.23. The Balaban J connectivity index is 1.82. The van der Waals surface area contributed by atoms with Crippen molar-refractivity contribution in [3.63, 3.8) is 0 Å². The summed E-state index contributed by atoms with van der Waals surface area (Å²) in [6.45, 7) is 5.98. The predicted molar refractivity (Wildman–Crippen MR) is 86.3 cm³/mol. The highest BCUT2D eigenvalue weighted by atomic mass is 16.5. The lowest BCUT2D eigenvalue weighted by molar-refractivity contribution is 0.239. The lowest BCUT2D eigenvalue weighted by Crippen LogP contribution is -2.07. The number of aromatic amines is 1. The first kappa shape index (κ1) is 13.5. The van der Waals surface area contributed by atoms with Gasteiger partial charge in [0, 0.05) is 17.4 Å². The fraction of sp³-hybridized carbons (Fsp3) is 0.235. The van der Waals surface area contributed by atoms with Crippen molar-refractivity contribution in [3.05, 3.63) is 48.3 Å². The van der Waals surface area contributed by atoms with E-state index in [1.54, 1.807) is 0 Å². The third-order valence-corrected chi connectivity index (χ3v) is 3.23. The molecule has 0 amide bonds. The molecule has 0 unspecified atom stereocenters. The fourth-order valence-electron chi connectivity index (χ4n) is 2.27. The zero-order valence-electron chi connectivity index (χ0n) is 12.5. The minimum atomic E-state index is 0.152. The van der Waals surface area contributed by atoms with Gasteiger partial charge in [-0.25, -0.2) is 4.98 Å². The van der Waals surface area contributed by atoms with Gasteiger partial charge in [0.25, 0.3) is 0 Å². The summed E-state index contributed by atoms with van der Waals surface area (Å²) >= 11 is 0. The molecular formula is C17H19N3O. The quantitative estimate of drug-likeness (QED) is 0.745. The number of aromatic nitrogens is 2. The number of fused-ring (bicyclic) bond motifs is 1. The summed E-state index contributed by atoms with van der Waals surface area (Å²) in [6.07, 6.45) is 2.09. The van der Waals surface area contributed by atoms with Crippen LogP contribution in [-0.4, -0.2) is 16.1 Å². The summed E-state index contributed by atoms with van der Waals surface area (Å²) in [7, 11) is 0. The first-order valence-corrected chi connectivity index (χ1v) is 7.10. The molecule has 0 spiro atoms. The van der Waals surface area contributed by atoms with E-state index in [0.29, 0.717) is 0 Å². The zero-order valence-corrected chi connectivity index (χ0v) is 12.5. The van der Waals surface area contributed by atoms with Crippen LogP contribution in [0.4, 0.5) is 11.5 Å². The number of aryl methyl sites for hydroxylation is 1. The first-order chi connectivity index (χ1) is 10.1. The number of nitrogens with one attached hydrogen (secondary N) is 2. The monoisotopic (exact) mass is 281 g/mol. The highest BCUT2D eigenvalue weighted by Gasteiger charge is 2.05. The molecule has 0 aliphatic carbocycles. The van der Waals surface area contributed by atoms with E-state index in [-0.39, 0.29) is 6.10 Å². The van der Waals surface area contributed by atoms with Gasteiger partial charge >= 0.3 is 0 Å². The molecule has 2 heterocycles. The van der Waals surface area contributed by atoms with Crippen LogP contribution in [0.1, 0.15) is 19.5 Å². The maximum Gasteiger partial charge on any atom is 0.141 e. The molecule has 4 heteroatoms. The average molecular weight is 281 g/mol. The molecule has 3 rings (SSSR count). The van der Waals surface area contributed by atoms with Crippen molar-refractivity contribution in [1.29, 1.82) is 0 Å². The Labute approximate surface area is 124 Å². The van der Waals surface area contributed by atoms with Gasteiger partial charge in [0.05, 0.1) is 11.8 Å². The SMILES string of the molecule is Cc1nc(Nc2ccc3cc[nH]c3c2)ccc1OC(C)C. The number of H-pyrrole nitrogens is 1. The second-order valence-corrected chi connectivity index (χ2v) is 5.35. The number of benzene rings is 1. The van der Waals surface area contributed by atoms with Gasteiger partial charge in [-0.1, -0.05) is 6.07 Å². The number of hydrogen-bond donors (Lipinski definition) is 2. The van der Waals surface area contributed by atoms with Gasteiger partial charge < -0.3 is 15.0 Å². The van der Waals surface area contributed by atoms with E-state index in [1.807, 2.05) is 45.2 Å². The predicted octanol–water partition coefficient (Wildman–Crippen LogP) is 4.40. The van der Waals surface area contributed by atoms with Crippen molar-refractivity contribution in [2.45, 2.75) is 26.9 Å². The summed E-state index contributed by atoms with van der Waals surface area (Å²) in [4.78, 5) is 7.75. The van der Waals surface area contributed by atoms with Crippen molar-refractivity contribution in [1.82, 2.24) is 9.97 Å². The Morgan fingerprint density at radius 1 is 1.14 bits per heavy atom. The minimum absolute atomic E-state index is 0.152. The molecule has 4 nitrogen and oxygen atoms in total. The van der Waals surface area contributed by atoms with Gasteiger partial charge in [-0.05, 0) is 56.5 Å². The summed E-state index contributed by atoms with van der Waals surface area (Å²) in [5.74, 6) is 1.64. The summed E-state index contributed by atoms with van der Waals surface area (Å²) in [5, 5.41) is 4.52. The molecule has 3 aromatic rings. The lowest BCUT2D eigenvalue weighted by Gasteiger charge is -2.13. The van der Waals surface area contributed by atoms with Gasteiger partial charge in [-0.2, -0.15) is 0 Å². The van der Waals surface area contributed by atoms with E-state index in [4.69, 9.17) is 4.74 Å². The van der Waals surface area contributed by atoms with Crippen LogP contribution in [-0.2, 0) is 0 Å². The molecular weight excluding hydrogens is 262 g/mol. The maximum absolute atomic E-state index is 5.70. The van der Waals surface area contributed by atoms with Gasteiger partial charge in [0.15, 0.2) is 0 Å². The molecule has 0 aliphatic rings. The number of pyridine rings is 1. The second-order valence-electron chi connectivity index (χ2n) is 5.35. The van der Waals surface area contributed by atoms with Crippen LogP contribution in [0.2, 0.25) is 0 Å². The van der Waals surface area contributed by atoms with E-state index in [2.05, 4.69) is 33.5 Å². The topological polar surface area (TPSA) is 49.9 Å². The fourth-order valence-corrected chi connectivity index (χ4v) is 2.27. The van der Waals surface area contributed by atoms with Crippen LogP contribution in [0.3, 0.4) is 0 Å². The molecule has 0 fully saturated rings. The van der Waals surface area contributed by atoms with Crippen LogP contribution in [0, 0.1) is 6.92 Å². The van der Waals surface area contributed by atoms with Crippen molar-refractivity contribution in [3.8, 4) is 5.75 Å². The molecule has 2 aromatic heterocycles. The lowest BCUT2D eigenvalue weighted by atomic mass is 10.2. The van der Waals surface area contributed by atoms with Crippen molar-refractivity contribution >= 4 is 22.4 Å². The summed E-state index contributed by atoms with van der Waals surface area (Å²) in [5.41, 5.74) is 3.00. The molecule has 1 aromatic carbocycles. The Morgan fingerprint density at radius 2 is 2.00 bits per heavy atom. The standard InChI is InChI=1S/C17H19N3O/c1-11(2)21-16-6-7-17(19-12(16)3)20-14-5-4-13-8-9-18-15(13)10-14/h4-11,18H,1-3H3,(H,19,20). The van der Waals surface area contributed by atoms with Crippen LogP contribution in [0.15, 0.2) is 42.6 Å². The van der Waals surface area contributed by atoms with Gasteiger partial charge in [-0.3, -0.25) is 0 Å². The van der Waals surface area contributed by atoms with E-state index in [0.717, 1.165) is 28.5 Å². The summed E-state index contributed by atoms with van der Waals surface area (Å²) < 4.78 is 5.70. The summed E-state index contributed by atoms with van der Waals surface area (Å²) in [6, 6.07) is 12.1. The normalized spacial score (nSPS) is 11.0. The maximum atomic E-state index is 5.70. The number of ether oxygens (including phenoxy) is 1. The highest BCUT2D eigenvalue weighted by molar-refractivity contribution is 5.83. The van der Waals surface area contributed by atoms with Crippen LogP contribution >= 0.6 is 0 Å². The van der Waals surface area contributed by atoms with E-state index in [9.17, 15) is 0 Å². The molecule has 0 atom stereocenters. The van der Waals surface area contributed by atoms with Gasteiger partial charge in [-0.15, -0.1) is 0 Å². The molecule has 0 bridgehead atoms. The zero-order chi connectivity index (χ0) is 14.8. The van der Waals surface area contributed by atoms with Crippen LogP contribution in [0.5, 0.6) is 5.75 Å². The largest absolute Gasteiger partial charge is 0.489 e. The number of nitrogens with zero attached hydrogens (tertiary/aromatic N) is 1. The molecule has 2 N–H and O–H groups in total. The molecule has 0 saturated heterocycles. The van der Waals surface area contributed by atoms with Crippen LogP contribution < -0.4 is 10.1 Å². The Hall–Kier alpha value is -2.49. The number of anilines is 2. The van der Waals surface area contributed by atoms with Crippen molar-refractivity contribution in [2.24, 2.45) is 0 Å². The molecule has 0 aliphatic heterocycles. The average Bonchev–Trinajstić information content (AvgIpc) is 2.89. The molecule has 0 radical (unpaired) electrons. The smallest absolute Gasteiger partial charge is 0.141 e. The number of rotatable bonds is 4. The van der Waals surface area contributed by atoms with Crippen LogP contribution in [0.25, 0.3) is 10.9 Å². The van der Waals surface area contributed by atoms with Crippen molar-refractivity contribution < 1.29 is 4.74 Å². The van der Waals surface area contributed by atoms with E-state index < -0.39 is 0 Å². The second kappa shape index (κ2) is 5.48. The Morgan fingerprint density at radius 3 is 2.76 bits per heavy atom. The minimum Gasteiger partial charge on any atom is -0.489 e. The number of hydrogen-bond acceptors (Lipinski definition) is 3. The van der Waals surface area contributed by atoms with E-state index in [1.165, 1.54) is 5.39 Å².